The lowest BCUT2D eigenvalue weighted by Gasteiger charge is -2.17. The van der Waals surface area contributed by atoms with Crippen LogP contribution in [0.1, 0.15) is 42.6 Å². The fourth-order valence-corrected chi connectivity index (χ4v) is 4.28. The molecule has 0 bridgehead atoms. The van der Waals surface area contributed by atoms with Gasteiger partial charge >= 0.3 is 11.9 Å². The highest BCUT2D eigenvalue weighted by Crippen LogP contribution is 2.32. The van der Waals surface area contributed by atoms with E-state index >= 15 is 0 Å². The van der Waals surface area contributed by atoms with Crippen LogP contribution in [-0.4, -0.2) is 52.1 Å². The van der Waals surface area contributed by atoms with Crippen molar-refractivity contribution in [3.8, 4) is 0 Å². The molecule has 186 valence electrons. The summed E-state index contributed by atoms with van der Waals surface area (Å²) in [5, 5.41) is 3.79. The zero-order chi connectivity index (χ0) is 25.5. The Morgan fingerprint density at radius 1 is 1.11 bits per heavy atom. The highest BCUT2D eigenvalue weighted by molar-refractivity contribution is 7.99. The van der Waals surface area contributed by atoms with Gasteiger partial charge in [-0.05, 0) is 57.0 Å². The lowest BCUT2D eigenvalue weighted by atomic mass is 10.1. The Balaban J connectivity index is 1.70. The van der Waals surface area contributed by atoms with E-state index in [0.29, 0.717) is 16.6 Å². The third kappa shape index (κ3) is 6.41. The maximum Gasteiger partial charge on any atom is 0.328 e. The number of nitrogens with two attached hydrogens (primary N) is 1. The topological polar surface area (TPSA) is 169 Å². The highest BCUT2D eigenvalue weighted by atomic mass is 32.2. The van der Waals surface area contributed by atoms with E-state index in [4.69, 9.17) is 15.2 Å². The van der Waals surface area contributed by atoms with Gasteiger partial charge in [-0.1, -0.05) is 11.8 Å². The summed E-state index contributed by atoms with van der Waals surface area (Å²) >= 11 is 1.37. The molecule has 0 saturated heterocycles. The summed E-state index contributed by atoms with van der Waals surface area (Å²) in [6.45, 7) is 5.54. The first-order valence-corrected chi connectivity index (χ1v) is 11.8. The minimum absolute atomic E-state index is 0.0269. The summed E-state index contributed by atoms with van der Waals surface area (Å²) < 4.78 is 9.91. The SMILES string of the molecule is CCOC(=O)CC[C@H](NC(=O)c1ccc(Sc2[nH]c3nc(N)[nH]c(=O)c3c2C)cc1)C(=O)OCC. The van der Waals surface area contributed by atoms with Crippen LogP contribution in [0, 0.1) is 6.92 Å². The molecule has 1 atom stereocenters. The number of aryl methyl sites for hydroxylation is 1. The predicted molar refractivity (Wildman–Crippen MR) is 130 cm³/mol. The number of nitrogen functional groups attached to an aromatic ring is 1. The number of hydrogen-bond donors (Lipinski definition) is 4. The Morgan fingerprint density at radius 3 is 2.46 bits per heavy atom. The molecule has 1 amide bonds. The molecular formula is C23H27N5O6S. The largest absolute Gasteiger partial charge is 0.466 e. The van der Waals surface area contributed by atoms with Crippen LogP contribution in [0.25, 0.3) is 11.0 Å². The number of nitrogens with one attached hydrogen (secondary N) is 3. The molecule has 0 aliphatic carbocycles. The van der Waals surface area contributed by atoms with Crippen molar-refractivity contribution < 1.29 is 23.9 Å². The van der Waals surface area contributed by atoms with Crippen LogP contribution >= 0.6 is 11.8 Å². The molecule has 2 heterocycles. The van der Waals surface area contributed by atoms with Gasteiger partial charge in [0.25, 0.3) is 11.5 Å². The van der Waals surface area contributed by atoms with Crippen molar-refractivity contribution in [3.05, 3.63) is 45.7 Å². The summed E-state index contributed by atoms with van der Waals surface area (Å²) in [5.41, 5.74) is 6.76. The van der Waals surface area contributed by atoms with Gasteiger partial charge in [-0.3, -0.25) is 19.4 Å². The molecule has 0 fully saturated rings. The molecule has 12 heteroatoms. The second-order valence-electron chi connectivity index (χ2n) is 7.50. The van der Waals surface area contributed by atoms with Gasteiger partial charge in [0.2, 0.25) is 5.95 Å². The van der Waals surface area contributed by atoms with Gasteiger partial charge in [0.15, 0.2) is 0 Å². The van der Waals surface area contributed by atoms with Crippen LogP contribution in [0.2, 0.25) is 0 Å². The summed E-state index contributed by atoms with van der Waals surface area (Å²) in [6, 6.07) is 5.75. The number of carbonyl (C=O) groups excluding carboxylic acids is 3. The van der Waals surface area contributed by atoms with Gasteiger partial charge in [0.05, 0.1) is 23.6 Å². The Hall–Kier alpha value is -3.80. The maximum absolute atomic E-state index is 12.7. The smallest absolute Gasteiger partial charge is 0.328 e. The number of H-pyrrole nitrogens is 2. The number of hydrogen-bond acceptors (Lipinski definition) is 9. The van der Waals surface area contributed by atoms with Crippen LogP contribution in [0.5, 0.6) is 0 Å². The quantitative estimate of drug-likeness (QED) is 0.304. The number of aromatic amines is 2. The van der Waals surface area contributed by atoms with E-state index in [9.17, 15) is 19.2 Å². The van der Waals surface area contributed by atoms with Crippen molar-refractivity contribution in [2.24, 2.45) is 0 Å². The van der Waals surface area contributed by atoms with E-state index in [-0.39, 0.29) is 37.6 Å². The molecule has 1 aromatic carbocycles. The van der Waals surface area contributed by atoms with E-state index in [0.717, 1.165) is 15.5 Å². The highest BCUT2D eigenvalue weighted by Gasteiger charge is 2.24. The van der Waals surface area contributed by atoms with Crippen LogP contribution in [0.15, 0.2) is 39.0 Å². The van der Waals surface area contributed by atoms with Gasteiger partial charge in [-0.25, -0.2) is 4.79 Å². The van der Waals surface area contributed by atoms with E-state index < -0.39 is 23.9 Å². The van der Waals surface area contributed by atoms with Crippen LogP contribution in [-0.2, 0) is 19.1 Å². The van der Waals surface area contributed by atoms with Crippen molar-refractivity contribution in [1.29, 1.82) is 0 Å². The molecule has 0 spiro atoms. The Kier molecular flexibility index (Phi) is 8.53. The monoisotopic (exact) mass is 501 g/mol. The summed E-state index contributed by atoms with van der Waals surface area (Å²) in [7, 11) is 0. The minimum Gasteiger partial charge on any atom is -0.466 e. The number of fused-ring (bicyclic) bond motifs is 1. The Labute approximate surface area is 205 Å². The van der Waals surface area contributed by atoms with E-state index in [2.05, 4.69) is 20.3 Å². The van der Waals surface area contributed by atoms with Crippen molar-refractivity contribution in [2.75, 3.05) is 18.9 Å². The average Bonchev–Trinajstić information content (AvgIpc) is 3.12. The number of aromatic nitrogens is 3. The van der Waals surface area contributed by atoms with Gasteiger partial charge in [0, 0.05) is 16.9 Å². The number of anilines is 1. The fourth-order valence-electron chi connectivity index (χ4n) is 3.37. The molecule has 0 aliphatic rings. The molecule has 0 unspecified atom stereocenters. The van der Waals surface area contributed by atoms with Crippen molar-refractivity contribution >= 4 is 46.6 Å². The van der Waals surface area contributed by atoms with Gasteiger partial charge < -0.3 is 25.5 Å². The number of benzene rings is 1. The first-order chi connectivity index (χ1) is 16.7. The fraction of sp³-hybridized carbons (Fsp3) is 0.348. The van der Waals surface area contributed by atoms with E-state index in [1.54, 1.807) is 38.1 Å². The zero-order valence-corrected chi connectivity index (χ0v) is 20.4. The molecule has 0 saturated carbocycles. The molecule has 0 aliphatic heterocycles. The second kappa shape index (κ2) is 11.6. The van der Waals surface area contributed by atoms with Gasteiger partial charge in [-0.15, -0.1) is 0 Å². The molecule has 0 radical (unpaired) electrons. The molecule has 3 aromatic rings. The standard InChI is InChI=1S/C23H27N5O6S/c1-4-33-16(29)11-10-15(22(32)34-5-2)25-19(30)13-6-8-14(9-7-13)35-21-12(3)17-18(26-21)27-23(24)28-20(17)31/h6-9,15H,4-5,10-11H2,1-3H3,(H,25,30)(H4,24,26,27,28,31)/t15-/m0/s1. The minimum atomic E-state index is -0.979. The second-order valence-corrected chi connectivity index (χ2v) is 8.59. The van der Waals surface area contributed by atoms with Crippen LogP contribution < -0.4 is 16.6 Å². The molecule has 2 aromatic heterocycles. The lowest BCUT2D eigenvalue weighted by molar-refractivity contribution is -0.146. The third-order valence-corrected chi connectivity index (χ3v) is 6.16. The Morgan fingerprint density at radius 2 is 1.80 bits per heavy atom. The number of ether oxygens (including phenoxy) is 2. The third-order valence-electron chi connectivity index (χ3n) is 5.04. The number of amides is 1. The summed E-state index contributed by atoms with van der Waals surface area (Å²) in [5.74, 6) is -1.52. The number of rotatable bonds is 10. The van der Waals surface area contributed by atoms with Crippen molar-refractivity contribution in [2.45, 2.75) is 49.6 Å². The predicted octanol–water partition coefficient (Wildman–Crippen LogP) is 2.30. The molecule has 35 heavy (non-hydrogen) atoms. The van der Waals surface area contributed by atoms with Crippen molar-refractivity contribution in [1.82, 2.24) is 20.3 Å². The number of carbonyl (C=O) groups is 3. The van der Waals surface area contributed by atoms with E-state index in [1.165, 1.54) is 11.8 Å². The average molecular weight is 502 g/mol. The molecule has 11 nitrogen and oxygen atoms in total. The van der Waals surface area contributed by atoms with Gasteiger partial charge in [0.1, 0.15) is 11.7 Å². The normalized spacial score (nSPS) is 11.7. The molecular weight excluding hydrogens is 474 g/mol. The maximum atomic E-state index is 12.7. The number of esters is 2. The zero-order valence-electron chi connectivity index (χ0n) is 19.6. The Bertz CT molecular complexity index is 1280. The first kappa shape index (κ1) is 25.8. The summed E-state index contributed by atoms with van der Waals surface area (Å²) in [6.07, 6.45) is 0.0368. The van der Waals surface area contributed by atoms with Crippen LogP contribution in [0.3, 0.4) is 0 Å². The number of nitrogens with zero attached hydrogens (tertiary/aromatic N) is 1. The molecule has 3 rings (SSSR count). The molecule has 5 N–H and O–H groups in total. The van der Waals surface area contributed by atoms with Gasteiger partial charge in [-0.2, -0.15) is 4.98 Å². The van der Waals surface area contributed by atoms with Crippen LogP contribution in [0.4, 0.5) is 5.95 Å². The van der Waals surface area contributed by atoms with Crippen molar-refractivity contribution in [3.63, 3.8) is 0 Å². The lowest BCUT2D eigenvalue weighted by Crippen LogP contribution is -2.42. The first-order valence-electron chi connectivity index (χ1n) is 11.0. The van der Waals surface area contributed by atoms with E-state index in [1.807, 2.05) is 6.92 Å². The summed E-state index contributed by atoms with van der Waals surface area (Å²) in [4.78, 5) is 59.4.